The minimum absolute atomic E-state index is 0.0848. The number of methoxy groups -OCH3 is 2. The molecule has 4 saturated heterocycles. The number of amides is 4. The molecule has 11 rings (SSSR count). The molecule has 7 aliphatic rings. The fourth-order valence-electron chi connectivity index (χ4n) is 13.4. The van der Waals surface area contributed by atoms with Crippen LogP contribution in [-0.4, -0.2) is 200 Å². The smallest absolute Gasteiger partial charge is 0.406 e. The number of rotatable bonds is 24. The van der Waals surface area contributed by atoms with Gasteiger partial charge >= 0.3 is 12.2 Å². The third-order valence-corrected chi connectivity index (χ3v) is 18.5. The van der Waals surface area contributed by atoms with Gasteiger partial charge in [-0.1, -0.05) is 33.8 Å². The minimum Gasteiger partial charge on any atom is -0.451 e. The van der Waals surface area contributed by atoms with Gasteiger partial charge in [-0.3, -0.25) is 29.4 Å². The Kier molecular flexibility index (Phi) is 22.4. The highest BCUT2D eigenvalue weighted by Gasteiger charge is 2.45. The number of fused-ring (bicyclic) bond motifs is 3. The largest absolute Gasteiger partial charge is 0.451 e. The number of likely N-dealkylation sites (tertiary alicyclic amines) is 1. The molecule has 476 valence electrons. The van der Waals surface area contributed by atoms with Crippen molar-refractivity contribution < 1.29 is 51.0 Å². The van der Waals surface area contributed by atoms with Gasteiger partial charge in [-0.2, -0.15) is 13.2 Å². The summed E-state index contributed by atoms with van der Waals surface area (Å²) in [6, 6.07) is 7.76. The van der Waals surface area contributed by atoms with Crippen LogP contribution < -0.4 is 15.6 Å². The Morgan fingerprint density at radius 3 is 2.24 bits per heavy atom. The van der Waals surface area contributed by atoms with E-state index in [1.165, 1.54) is 42.9 Å². The van der Waals surface area contributed by atoms with Crippen molar-refractivity contribution in [1.29, 1.82) is 0 Å². The second-order valence-corrected chi connectivity index (χ2v) is 25.8. The molecule has 4 aliphatic heterocycles. The summed E-state index contributed by atoms with van der Waals surface area (Å²) in [5.41, 5.74) is 8.23. The Balaban J connectivity index is 0.000000220. The van der Waals surface area contributed by atoms with E-state index >= 15 is 0 Å². The van der Waals surface area contributed by atoms with Crippen LogP contribution in [0.1, 0.15) is 118 Å². The molecular formula is C64H96F3N11O8. The zero-order valence-corrected chi connectivity index (χ0v) is 52.8. The molecule has 19 nitrogen and oxygen atoms in total. The number of benzene rings is 1. The van der Waals surface area contributed by atoms with Crippen LogP contribution in [0.5, 0.6) is 0 Å². The average Bonchev–Trinajstić information content (AvgIpc) is 1.88. The molecule has 4 amide bonds. The van der Waals surface area contributed by atoms with E-state index in [9.17, 15) is 27.6 Å². The van der Waals surface area contributed by atoms with Crippen molar-refractivity contribution in [3.8, 4) is 22.5 Å². The molecule has 1 aromatic carbocycles. The Morgan fingerprint density at radius 2 is 1.66 bits per heavy atom. The van der Waals surface area contributed by atoms with Gasteiger partial charge in [0.05, 0.1) is 48.6 Å². The number of nitrogens with one attached hydrogen (secondary N) is 2. The van der Waals surface area contributed by atoms with Crippen LogP contribution in [0, 0.1) is 29.1 Å². The number of halogens is 3. The summed E-state index contributed by atoms with van der Waals surface area (Å²) in [5, 5.41) is 5.53. The molecule has 5 atom stereocenters. The molecule has 86 heavy (non-hydrogen) atoms. The predicted molar refractivity (Wildman–Crippen MR) is 326 cm³/mol. The van der Waals surface area contributed by atoms with E-state index in [0.717, 1.165) is 87.3 Å². The topological polar surface area (TPSA) is 183 Å². The van der Waals surface area contributed by atoms with Gasteiger partial charge in [0, 0.05) is 120 Å². The van der Waals surface area contributed by atoms with Crippen LogP contribution in [-0.2, 0) is 41.6 Å². The lowest BCUT2D eigenvalue weighted by Gasteiger charge is -2.50. The number of urea groups is 1. The zero-order valence-electron chi connectivity index (χ0n) is 52.8. The summed E-state index contributed by atoms with van der Waals surface area (Å²) < 4.78 is 66.8. The van der Waals surface area contributed by atoms with Gasteiger partial charge in [-0.05, 0) is 138 Å². The molecule has 0 radical (unpaired) electrons. The Hall–Kier alpha value is -5.65. The summed E-state index contributed by atoms with van der Waals surface area (Å²) in [6.07, 6.45) is 8.28. The molecule has 4 aromatic rings. The number of aromatic nitrogens is 3. The lowest BCUT2D eigenvalue weighted by Crippen LogP contribution is -2.67. The van der Waals surface area contributed by atoms with E-state index in [-0.39, 0.29) is 53.9 Å². The summed E-state index contributed by atoms with van der Waals surface area (Å²) in [5.74, 6) is 1.48. The van der Waals surface area contributed by atoms with Gasteiger partial charge in [-0.25, -0.2) is 15.2 Å². The number of carbonyl (C=O) groups is 4. The molecule has 22 heteroatoms. The summed E-state index contributed by atoms with van der Waals surface area (Å²) in [6.45, 7) is 25.6. The van der Waals surface area contributed by atoms with Gasteiger partial charge in [-0.15, -0.1) is 0 Å². The number of hydrogen-bond donors (Lipinski definition) is 2. The second-order valence-electron chi connectivity index (χ2n) is 25.8. The summed E-state index contributed by atoms with van der Waals surface area (Å²) in [4.78, 5) is 68.5. The average molecular weight is 1200 g/mol. The van der Waals surface area contributed by atoms with Crippen LogP contribution >= 0.6 is 0 Å². The molecule has 2 bridgehead atoms. The fourth-order valence-corrected chi connectivity index (χ4v) is 13.4. The van der Waals surface area contributed by atoms with E-state index in [4.69, 9.17) is 28.4 Å². The number of anilines is 1. The van der Waals surface area contributed by atoms with Crippen molar-refractivity contribution in [1.82, 2.24) is 49.9 Å². The predicted octanol–water partition coefficient (Wildman–Crippen LogP) is 9.09. The number of pyridine rings is 1. The fraction of sp³-hybridized carbons (Fsp3) is 0.688. The Bertz CT molecular complexity index is 2860. The Morgan fingerprint density at radius 1 is 0.942 bits per heavy atom. The lowest BCUT2D eigenvalue weighted by molar-refractivity contribution is -0.153. The zero-order chi connectivity index (χ0) is 62.2. The minimum atomic E-state index is -4.46. The molecule has 2 N–H and O–H groups in total. The van der Waals surface area contributed by atoms with E-state index < -0.39 is 24.9 Å². The standard InChI is InChI=1S/C34H42F3N5O3.C29H52N6O4.CH2O/c1-22(44-5)31-27(15-25(17-38-31)41-12-10-40(11-13-41)24-7-8-24)32-28(16-33(2,3)20-43-4)26-14-23(29-18-45-21-39-29)6-9-30(26)42(32)19-34(35,36)37;1-7-33(29(38)32(6)20(5)23-9-10-23)16-21-11-12-34(17-21)26(19(3)4)27(36)31-25(18-39-8-2)28(37)35-24-13-22(14-24)15-30-35;1-2/h6,9,14-15,17-18,21-22,24H,7-8,10-13,16,19-20H2,1-5H3;19-26,30H,7-18H2,1-6H3,(H,31,36);1H2. The highest BCUT2D eigenvalue weighted by Crippen LogP contribution is 2.44. The SMILES string of the molecule is C=O.CCOCC(NC(=O)C(C(C)C)N1CCC(CN(CC)C(=O)N(C)C(C)C2CC2)C1)C(=O)N1NCC2CC1C2.COCC(C)(C)Cc1c(-c2cc(N3CCN(C4CC4)CC3)cnc2C(C)OC)n(CC(F)(F)F)c2ccc(-c3cocn3)cc12. The number of piperazine rings is 1. The molecule has 3 saturated carbocycles. The van der Waals surface area contributed by atoms with Crippen LogP contribution in [0.25, 0.3) is 33.4 Å². The third-order valence-electron chi connectivity index (χ3n) is 18.5. The number of oxazole rings is 1. The first kappa shape index (κ1) is 66.3. The van der Waals surface area contributed by atoms with Crippen LogP contribution in [0.3, 0.4) is 0 Å². The van der Waals surface area contributed by atoms with Crippen molar-refractivity contribution >= 4 is 41.2 Å². The Labute approximate surface area is 506 Å². The number of nitrogens with zero attached hydrogens (tertiary/aromatic N) is 9. The molecule has 5 unspecified atom stereocenters. The number of hydrogen-bond acceptors (Lipinski definition) is 14. The van der Waals surface area contributed by atoms with Crippen molar-refractivity contribution in [2.24, 2.45) is 29.1 Å². The van der Waals surface area contributed by atoms with E-state index in [2.05, 4.69) is 65.0 Å². The maximum absolute atomic E-state index is 14.4. The monoisotopic (exact) mass is 1200 g/mol. The highest BCUT2D eigenvalue weighted by atomic mass is 19.4. The lowest BCUT2D eigenvalue weighted by atomic mass is 9.78. The van der Waals surface area contributed by atoms with Crippen molar-refractivity contribution in [2.45, 2.75) is 156 Å². The molecule has 3 aliphatic carbocycles. The van der Waals surface area contributed by atoms with E-state index in [1.54, 1.807) is 31.4 Å². The van der Waals surface area contributed by atoms with Gasteiger partial charge in [0.15, 0.2) is 6.39 Å². The molecule has 7 fully saturated rings. The van der Waals surface area contributed by atoms with Gasteiger partial charge in [0.2, 0.25) is 5.91 Å². The molecule has 7 heterocycles. The molecular weight excluding hydrogens is 1110 g/mol. The number of alkyl halides is 3. The first-order chi connectivity index (χ1) is 41.1. The van der Waals surface area contributed by atoms with Crippen LogP contribution in [0.4, 0.5) is 23.7 Å². The van der Waals surface area contributed by atoms with E-state index in [1.807, 2.05) is 62.7 Å². The van der Waals surface area contributed by atoms with E-state index in [0.29, 0.717) is 84.7 Å². The number of ether oxygens (including phenoxy) is 3. The van der Waals surface area contributed by atoms with Gasteiger partial charge in [0.1, 0.15) is 31.3 Å². The van der Waals surface area contributed by atoms with Crippen LogP contribution in [0.2, 0.25) is 0 Å². The normalized spacial score (nSPS) is 21.4. The second kappa shape index (κ2) is 29.1. The maximum Gasteiger partial charge on any atom is 0.406 e. The molecule has 3 aromatic heterocycles. The van der Waals surface area contributed by atoms with Crippen molar-refractivity contribution in [3.63, 3.8) is 0 Å². The highest BCUT2D eigenvalue weighted by molar-refractivity contribution is 5.95. The summed E-state index contributed by atoms with van der Waals surface area (Å²) in [7, 11) is 5.17. The first-order valence-corrected chi connectivity index (χ1v) is 31.2. The number of carbonyl (C=O) groups excluding carboxylic acids is 4. The first-order valence-electron chi connectivity index (χ1n) is 31.2. The van der Waals surface area contributed by atoms with Crippen molar-refractivity contribution in [2.75, 3.05) is 105 Å². The van der Waals surface area contributed by atoms with Crippen molar-refractivity contribution in [3.05, 3.63) is 54.4 Å². The number of hydrazine groups is 1. The maximum atomic E-state index is 14.4. The summed E-state index contributed by atoms with van der Waals surface area (Å²) >= 11 is 0. The van der Waals surface area contributed by atoms with Crippen LogP contribution in [0.15, 0.2) is 47.5 Å². The van der Waals surface area contributed by atoms with Gasteiger partial charge in [0.25, 0.3) is 5.91 Å². The third kappa shape index (κ3) is 16.0. The quantitative estimate of drug-likeness (QED) is 0.0677. The molecule has 0 spiro atoms. The van der Waals surface area contributed by atoms with Gasteiger partial charge < -0.3 is 48.0 Å².